The quantitative estimate of drug-likeness (QED) is 0.906. The largest absolute Gasteiger partial charge is 0.326 e. The minimum absolute atomic E-state index is 0.0403. The topological polar surface area (TPSA) is 59.0 Å². The van der Waals surface area contributed by atoms with E-state index in [4.69, 9.17) is 0 Å². The molecule has 6 heteroatoms. The third kappa shape index (κ3) is 2.95. The average Bonchev–Trinajstić information content (AvgIpc) is 3.10. The smallest absolute Gasteiger partial charge is 0.228 e. The van der Waals surface area contributed by atoms with Crippen molar-refractivity contribution in [2.75, 3.05) is 18.4 Å². The minimum Gasteiger partial charge on any atom is -0.326 e. The summed E-state index contributed by atoms with van der Waals surface area (Å²) in [6.45, 7) is 3.43. The van der Waals surface area contributed by atoms with E-state index in [1.165, 1.54) is 10.7 Å². The fourth-order valence-corrected chi connectivity index (χ4v) is 2.44. The van der Waals surface area contributed by atoms with Gasteiger partial charge in [0.05, 0.1) is 12.1 Å². The van der Waals surface area contributed by atoms with Gasteiger partial charge < -0.3 is 10.6 Å². The van der Waals surface area contributed by atoms with E-state index in [1.807, 2.05) is 6.92 Å². The molecule has 0 spiro atoms. The molecule has 3 rings (SSSR count). The van der Waals surface area contributed by atoms with Crippen molar-refractivity contribution in [3.63, 3.8) is 0 Å². The maximum Gasteiger partial charge on any atom is 0.228 e. The lowest BCUT2D eigenvalue weighted by Crippen LogP contribution is -2.24. The summed E-state index contributed by atoms with van der Waals surface area (Å²) in [5.74, 6) is -0.524. The summed E-state index contributed by atoms with van der Waals surface area (Å²) in [7, 11) is 0. The number of hydrogen-bond donors (Lipinski definition) is 2. The molecule has 110 valence electrons. The molecular weight excluding hydrogens is 271 g/mol. The van der Waals surface area contributed by atoms with Crippen molar-refractivity contribution in [3.05, 3.63) is 42.0 Å². The molecule has 2 heterocycles. The Labute approximate surface area is 122 Å². The zero-order valence-electron chi connectivity index (χ0n) is 11.8. The van der Waals surface area contributed by atoms with Crippen LogP contribution in [0.25, 0.3) is 5.69 Å². The number of nitrogens with zero attached hydrogens (tertiary/aromatic N) is 2. The van der Waals surface area contributed by atoms with E-state index >= 15 is 0 Å². The molecule has 2 N–H and O–H groups in total. The predicted molar refractivity (Wildman–Crippen MR) is 77.9 cm³/mol. The molecule has 1 aliphatic heterocycles. The van der Waals surface area contributed by atoms with Gasteiger partial charge in [-0.3, -0.25) is 4.79 Å². The van der Waals surface area contributed by atoms with Gasteiger partial charge in [0, 0.05) is 18.4 Å². The second-order valence-electron chi connectivity index (χ2n) is 5.31. The Hall–Kier alpha value is -2.21. The van der Waals surface area contributed by atoms with E-state index in [-0.39, 0.29) is 11.8 Å². The zero-order valence-corrected chi connectivity index (χ0v) is 11.8. The van der Waals surface area contributed by atoms with Gasteiger partial charge in [0.25, 0.3) is 0 Å². The number of aromatic nitrogens is 2. The Morgan fingerprint density at radius 3 is 3.00 bits per heavy atom. The van der Waals surface area contributed by atoms with Crippen LogP contribution in [-0.4, -0.2) is 28.8 Å². The van der Waals surface area contributed by atoms with Crippen LogP contribution in [0.3, 0.4) is 0 Å². The molecule has 0 radical (unpaired) electrons. The van der Waals surface area contributed by atoms with Crippen molar-refractivity contribution in [2.45, 2.75) is 13.3 Å². The second kappa shape index (κ2) is 5.65. The van der Waals surface area contributed by atoms with Crippen molar-refractivity contribution < 1.29 is 9.18 Å². The molecule has 1 amide bonds. The Morgan fingerprint density at radius 1 is 1.52 bits per heavy atom. The third-order valence-corrected chi connectivity index (χ3v) is 3.60. The van der Waals surface area contributed by atoms with Crippen molar-refractivity contribution in [2.24, 2.45) is 5.92 Å². The predicted octanol–water partition coefficient (Wildman–Crippen LogP) is 1.87. The highest BCUT2D eigenvalue weighted by Gasteiger charge is 2.22. The van der Waals surface area contributed by atoms with Crippen LogP contribution >= 0.6 is 0 Å². The molecule has 0 bridgehead atoms. The number of aryl methyl sites for hydroxylation is 1. The van der Waals surface area contributed by atoms with Crippen LogP contribution in [0.5, 0.6) is 0 Å². The molecule has 5 nitrogen and oxygen atoms in total. The first-order chi connectivity index (χ1) is 10.1. The molecule has 1 aliphatic rings. The molecule has 1 aromatic carbocycles. The molecule has 21 heavy (non-hydrogen) atoms. The van der Waals surface area contributed by atoms with E-state index in [2.05, 4.69) is 15.7 Å². The van der Waals surface area contributed by atoms with Gasteiger partial charge in [0.15, 0.2) is 5.82 Å². The number of halogens is 1. The lowest BCUT2D eigenvalue weighted by Gasteiger charge is -2.11. The highest BCUT2D eigenvalue weighted by Crippen LogP contribution is 2.19. The molecule has 1 unspecified atom stereocenters. The number of nitrogens with one attached hydrogen (secondary N) is 2. The summed E-state index contributed by atoms with van der Waals surface area (Å²) < 4.78 is 15.6. The number of carbonyl (C=O) groups is 1. The number of anilines is 1. The van der Waals surface area contributed by atoms with E-state index in [1.54, 1.807) is 24.5 Å². The van der Waals surface area contributed by atoms with E-state index < -0.39 is 5.82 Å². The van der Waals surface area contributed by atoms with Gasteiger partial charge in [0.2, 0.25) is 5.91 Å². The average molecular weight is 288 g/mol. The standard InChI is InChI=1S/C15H17FN4O/c1-10-7-18-20(9-10)14-3-2-12(6-13(14)16)19-15(21)11-4-5-17-8-11/h2-3,6-7,9,11,17H,4-5,8H2,1H3,(H,19,21). The molecule has 1 saturated heterocycles. The third-order valence-electron chi connectivity index (χ3n) is 3.60. The molecule has 2 aromatic rings. The second-order valence-corrected chi connectivity index (χ2v) is 5.31. The van der Waals surface area contributed by atoms with Crippen LogP contribution in [0.4, 0.5) is 10.1 Å². The van der Waals surface area contributed by atoms with Crippen molar-refractivity contribution in [3.8, 4) is 5.69 Å². The summed E-state index contributed by atoms with van der Waals surface area (Å²) in [4.78, 5) is 12.0. The minimum atomic E-state index is -0.416. The highest BCUT2D eigenvalue weighted by molar-refractivity contribution is 5.93. The summed E-state index contributed by atoms with van der Waals surface area (Å²) >= 11 is 0. The summed E-state index contributed by atoms with van der Waals surface area (Å²) in [5.41, 5.74) is 1.79. The van der Waals surface area contributed by atoms with Crippen LogP contribution in [0.15, 0.2) is 30.6 Å². The SMILES string of the molecule is Cc1cnn(-c2ccc(NC(=O)C3CCNC3)cc2F)c1. The van der Waals surface area contributed by atoms with Crippen LogP contribution in [0.2, 0.25) is 0 Å². The molecule has 0 saturated carbocycles. The first-order valence-electron chi connectivity index (χ1n) is 6.96. The maximum absolute atomic E-state index is 14.1. The lowest BCUT2D eigenvalue weighted by atomic mass is 10.1. The molecule has 1 fully saturated rings. The maximum atomic E-state index is 14.1. The number of carbonyl (C=O) groups excluding carboxylic acids is 1. The van der Waals surface area contributed by atoms with Crippen molar-refractivity contribution in [1.29, 1.82) is 0 Å². The van der Waals surface area contributed by atoms with Crippen molar-refractivity contribution in [1.82, 2.24) is 15.1 Å². The lowest BCUT2D eigenvalue weighted by molar-refractivity contribution is -0.119. The summed E-state index contributed by atoms with van der Waals surface area (Å²) in [6.07, 6.45) is 4.24. The van der Waals surface area contributed by atoms with E-state index in [0.29, 0.717) is 17.9 Å². The Bertz CT molecular complexity index is 661. The van der Waals surface area contributed by atoms with Crippen LogP contribution in [0, 0.1) is 18.7 Å². The Morgan fingerprint density at radius 2 is 2.38 bits per heavy atom. The summed E-state index contributed by atoms with van der Waals surface area (Å²) in [6, 6.07) is 4.63. The first kappa shape index (κ1) is 13.8. The monoisotopic (exact) mass is 288 g/mol. The first-order valence-corrected chi connectivity index (χ1v) is 6.96. The van der Waals surface area contributed by atoms with Gasteiger partial charge in [-0.15, -0.1) is 0 Å². The molecule has 1 aromatic heterocycles. The number of amides is 1. The van der Waals surface area contributed by atoms with Gasteiger partial charge in [-0.1, -0.05) is 0 Å². The van der Waals surface area contributed by atoms with Gasteiger partial charge in [-0.05, 0) is 43.7 Å². The number of benzene rings is 1. The Kier molecular flexibility index (Phi) is 3.70. The fourth-order valence-electron chi connectivity index (χ4n) is 2.44. The van der Waals surface area contributed by atoms with E-state index in [0.717, 1.165) is 18.5 Å². The van der Waals surface area contributed by atoms with Crippen molar-refractivity contribution >= 4 is 11.6 Å². The number of hydrogen-bond acceptors (Lipinski definition) is 3. The van der Waals surface area contributed by atoms with Gasteiger partial charge in [-0.2, -0.15) is 5.10 Å². The van der Waals surface area contributed by atoms with Crippen LogP contribution < -0.4 is 10.6 Å². The van der Waals surface area contributed by atoms with Gasteiger partial charge in [0.1, 0.15) is 5.69 Å². The molecular formula is C15H17FN4O. The van der Waals surface area contributed by atoms with Gasteiger partial charge in [-0.25, -0.2) is 9.07 Å². The van der Waals surface area contributed by atoms with Crippen LogP contribution in [0.1, 0.15) is 12.0 Å². The normalized spacial score (nSPS) is 17.9. The zero-order chi connectivity index (χ0) is 14.8. The molecule has 1 atom stereocenters. The molecule has 0 aliphatic carbocycles. The highest BCUT2D eigenvalue weighted by atomic mass is 19.1. The summed E-state index contributed by atoms with van der Waals surface area (Å²) in [5, 5.41) is 9.98. The number of rotatable bonds is 3. The fraction of sp³-hybridized carbons (Fsp3) is 0.333. The Balaban J connectivity index is 1.76. The van der Waals surface area contributed by atoms with Crippen LogP contribution in [-0.2, 0) is 4.79 Å². The van der Waals surface area contributed by atoms with Gasteiger partial charge >= 0.3 is 0 Å². The van der Waals surface area contributed by atoms with E-state index in [9.17, 15) is 9.18 Å².